The molecule has 20 heavy (non-hydrogen) atoms. The van der Waals surface area contributed by atoms with Gasteiger partial charge in [-0.05, 0) is 37.5 Å². The van der Waals surface area contributed by atoms with E-state index in [0.717, 1.165) is 23.5 Å². The first kappa shape index (κ1) is 12.4. The van der Waals surface area contributed by atoms with Crippen molar-refractivity contribution in [2.75, 3.05) is 0 Å². The normalized spacial score (nSPS) is 28.2. The Morgan fingerprint density at radius 1 is 1.30 bits per heavy atom. The van der Waals surface area contributed by atoms with E-state index in [1.54, 1.807) is 12.3 Å². The second-order valence-corrected chi connectivity index (χ2v) is 6.10. The van der Waals surface area contributed by atoms with Crippen molar-refractivity contribution >= 4 is 11.6 Å². The summed E-state index contributed by atoms with van der Waals surface area (Å²) in [7, 11) is 0. The number of hydrogen-bond acceptors (Lipinski definition) is 2. The molecular formula is C15H15ClFN3. The number of fused-ring (bicyclic) bond motifs is 2. The summed E-state index contributed by atoms with van der Waals surface area (Å²) in [6, 6.07) is 5.63. The summed E-state index contributed by atoms with van der Waals surface area (Å²) in [6.07, 6.45) is 5.44. The van der Waals surface area contributed by atoms with Gasteiger partial charge in [0.15, 0.2) is 0 Å². The number of rotatable bonds is 2. The van der Waals surface area contributed by atoms with Crippen LogP contribution in [0, 0.1) is 5.82 Å². The topological polar surface area (TPSA) is 40.7 Å². The van der Waals surface area contributed by atoms with Crippen molar-refractivity contribution in [3.63, 3.8) is 0 Å². The zero-order chi connectivity index (χ0) is 13.7. The number of benzene rings is 1. The molecule has 2 aromatic rings. The van der Waals surface area contributed by atoms with Crippen molar-refractivity contribution in [3.8, 4) is 11.3 Å². The lowest BCUT2D eigenvalue weighted by molar-refractivity contribution is 0.490. The summed E-state index contributed by atoms with van der Waals surface area (Å²) in [5.74, 6) is 1.15. The molecule has 1 aromatic heterocycles. The van der Waals surface area contributed by atoms with E-state index < -0.39 is 0 Å². The molecular weight excluding hydrogens is 277 g/mol. The molecule has 3 nitrogen and oxygen atoms in total. The number of aromatic nitrogens is 2. The van der Waals surface area contributed by atoms with Gasteiger partial charge in [-0.15, -0.1) is 0 Å². The summed E-state index contributed by atoms with van der Waals surface area (Å²) < 4.78 is 13.1. The third-order valence-electron chi connectivity index (χ3n) is 4.47. The summed E-state index contributed by atoms with van der Waals surface area (Å²) in [5.41, 5.74) is 1.65. The lowest BCUT2D eigenvalue weighted by Gasteiger charge is -2.17. The monoisotopic (exact) mass is 291 g/mol. The minimum Gasteiger partial charge on any atom is -0.342 e. The molecule has 1 aromatic carbocycles. The van der Waals surface area contributed by atoms with E-state index in [-0.39, 0.29) is 5.82 Å². The van der Waals surface area contributed by atoms with Gasteiger partial charge in [0.05, 0.1) is 16.9 Å². The van der Waals surface area contributed by atoms with Gasteiger partial charge in [0.1, 0.15) is 11.6 Å². The number of halogens is 2. The van der Waals surface area contributed by atoms with E-state index >= 15 is 0 Å². The highest BCUT2D eigenvalue weighted by atomic mass is 35.5. The Balaban J connectivity index is 1.65. The Morgan fingerprint density at radius 3 is 2.90 bits per heavy atom. The second-order valence-electron chi connectivity index (χ2n) is 5.70. The number of H-pyrrole nitrogens is 1. The van der Waals surface area contributed by atoms with Gasteiger partial charge < -0.3 is 10.3 Å². The molecule has 0 spiro atoms. The van der Waals surface area contributed by atoms with Gasteiger partial charge in [0, 0.05) is 23.6 Å². The van der Waals surface area contributed by atoms with Crippen molar-refractivity contribution in [1.29, 1.82) is 0 Å². The Kier molecular flexibility index (Phi) is 2.82. The third-order valence-corrected chi connectivity index (χ3v) is 4.78. The first-order valence-corrected chi connectivity index (χ1v) is 7.35. The molecule has 104 valence electrons. The zero-order valence-electron chi connectivity index (χ0n) is 10.9. The van der Waals surface area contributed by atoms with Crippen LogP contribution < -0.4 is 5.32 Å². The molecule has 2 saturated heterocycles. The number of imidazole rings is 1. The largest absolute Gasteiger partial charge is 0.342 e. The minimum atomic E-state index is -0.323. The molecule has 2 aliphatic heterocycles. The highest BCUT2D eigenvalue weighted by Gasteiger charge is 2.41. The highest BCUT2D eigenvalue weighted by molar-refractivity contribution is 6.33. The van der Waals surface area contributed by atoms with Crippen LogP contribution in [-0.4, -0.2) is 22.1 Å². The fourth-order valence-electron chi connectivity index (χ4n) is 3.50. The molecule has 0 radical (unpaired) electrons. The van der Waals surface area contributed by atoms with Crippen molar-refractivity contribution in [2.24, 2.45) is 0 Å². The molecule has 2 N–H and O–H groups in total. The third kappa shape index (κ3) is 1.95. The van der Waals surface area contributed by atoms with E-state index in [9.17, 15) is 4.39 Å². The Hall–Kier alpha value is -1.39. The number of hydrogen-bond donors (Lipinski definition) is 2. The van der Waals surface area contributed by atoms with Crippen LogP contribution in [0.15, 0.2) is 24.4 Å². The predicted octanol–water partition coefficient (Wildman–Crippen LogP) is 3.48. The minimum absolute atomic E-state index is 0.323. The standard InChI is InChI=1S/C15H15ClFN3/c16-12-5-8(17)1-3-10(12)14-7-18-15(20-14)11-6-9-2-4-13(11)19-9/h1,3,5,7,9,11,13,19H,2,4,6H2,(H,18,20). The summed E-state index contributed by atoms with van der Waals surface area (Å²) in [4.78, 5) is 7.87. The molecule has 3 atom stereocenters. The molecule has 0 aliphatic carbocycles. The average molecular weight is 292 g/mol. The van der Waals surface area contributed by atoms with E-state index in [0.29, 0.717) is 23.0 Å². The van der Waals surface area contributed by atoms with Gasteiger partial charge in [-0.2, -0.15) is 0 Å². The van der Waals surface area contributed by atoms with Crippen LogP contribution in [0.4, 0.5) is 4.39 Å². The first-order chi connectivity index (χ1) is 9.70. The van der Waals surface area contributed by atoms with Crippen LogP contribution in [0.25, 0.3) is 11.3 Å². The lowest BCUT2D eigenvalue weighted by atomic mass is 9.89. The number of nitrogens with zero attached hydrogens (tertiary/aromatic N) is 1. The van der Waals surface area contributed by atoms with E-state index in [1.165, 1.54) is 25.0 Å². The van der Waals surface area contributed by atoms with Crippen molar-refractivity contribution < 1.29 is 4.39 Å². The summed E-state index contributed by atoms with van der Waals surface area (Å²) >= 11 is 6.10. The van der Waals surface area contributed by atoms with E-state index in [2.05, 4.69) is 15.3 Å². The Morgan fingerprint density at radius 2 is 2.20 bits per heavy atom. The molecule has 0 amide bonds. The van der Waals surface area contributed by atoms with Gasteiger partial charge in [0.25, 0.3) is 0 Å². The maximum absolute atomic E-state index is 13.1. The maximum atomic E-state index is 13.1. The highest BCUT2D eigenvalue weighted by Crippen LogP contribution is 2.39. The molecule has 3 heterocycles. The second kappa shape index (κ2) is 4.57. The molecule has 3 unspecified atom stereocenters. The SMILES string of the molecule is Fc1ccc(-c2cnc(C3CC4CCC3N4)[nH]2)c(Cl)c1. The van der Waals surface area contributed by atoms with E-state index in [4.69, 9.17) is 11.6 Å². The average Bonchev–Trinajstić information content (AvgIpc) is 3.14. The summed E-state index contributed by atoms with van der Waals surface area (Å²) in [6.45, 7) is 0. The smallest absolute Gasteiger partial charge is 0.124 e. The van der Waals surface area contributed by atoms with Crippen LogP contribution in [0.2, 0.25) is 5.02 Å². The quantitative estimate of drug-likeness (QED) is 0.889. The van der Waals surface area contributed by atoms with Gasteiger partial charge in [-0.1, -0.05) is 11.6 Å². The van der Waals surface area contributed by atoms with Gasteiger partial charge in [0.2, 0.25) is 0 Å². The lowest BCUT2D eigenvalue weighted by Crippen LogP contribution is -2.22. The van der Waals surface area contributed by atoms with Crippen LogP contribution in [0.3, 0.4) is 0 Å². The molecule has 5 heteroatoms. The van der Waals surface area contributed by atoms with Gasteiger partial charge in [-0.3, -0.25) is 0 Å². The van der Waals surface area contributed by atoms with E-state index in [1.807, 2.05) is 0 Å². The first-order valence-electron chi connectivity index (χ1n) is 6.97. The molecule has 2 fully saturated rings. The molecule has 4 rings (SSSR count). The van der Waals surface area contributed by atoms with Crippen LogP contribution >= 0.6 is 11.6 Å². The molecule has 0 saturated carbocycles. The molecule has 2 bridgehead atoms. The van der Waals surface area contributed by atoms with Crippen molar-refractivity contribution in [1.82, 2.24) is 15.3 Å². The summed E-state index contributed by atoms with van der Waals surface area (Å²) in [5, 5.41) is 4.02. The number of nitrogens with one attached hydrogen (secondary N) is 2. The fourth-order valence-corrected chi connectivity index (χ4v) is 3.77. The molecule has 2 aliphatic rings. The van der Waals surface area contributed by atoms with Gasteiger partial charge in [-0.25, -0.2) is 9.37 Å². The van der Waals surface area contributed by atoms with Crippen LogP contribution in [-0.2, 0) is 0 Å². The van der Waals surface area contributed by atoms with Crippen LogP contribution in [0.5, 0.6) is 0 Å². The fraction of sp³-hybridized carbons (Fsp3) is 0.400. The Labute approximate surface area is 121 Å². The maximum Gasteiger partial charge on any atom is 0.124 e. The zero-order valence-corrected chi connectivity index (χ0v) is 11.6. The van der Waals surface area contributed by atoms with Crippen LogP contribution in [0.1, 0.15) is 31.0 Å². The Bertz CT molecular complexity index is 654. The predicted molar refractivity (Wildman–Crippen MR) is 76.3 cm³/mol. The number of aromatic amines is 1. The van der Waals surface area contributed by atoms with Crippen molar-refractivity contribution in [2.45, 2.75) is 37.3 Å². The van der Waals surface area contributed by atoms with Gasteiger partial charge >= 0.3 is 0 Å². The van der Waals surface area contributed by atoms with Crippen molar-refractivity contribution in [3.05, 3.63) is 41.1 Å².